The zero-order valence-electron chi connectivity index (χ0n) is 11.1. The number of amides is 1. The van der Waals surface area contributed by atoms with Crippen LogP contribution in [-0.4, -0.2) is 36.1 Å². The van der Waals surface area contributed by atoms with Crippen molar-refractivity contribution in [3.63, 3.8) is 0 Å². The van der Waals surface area contributed by atoms with Crippen LogP contribution >= 0.6 is 23.7 Å². The van der Waals surface area contributed by atoms with Crippen molar-refractivity contribution in [2.24, 2.45) is 5.73 Å². The van der Waals surface area contributed by atoms with Crippen molar-refractivity contribution < 1.29 is 14.3 Å². The van der Waals surface area contributed by atoms with Crippen LogP contribution in [0.5, 0.6) is 0 Å². The Morgan fingerprint density at radius 3 is 2.68 bits per heavy atom. The molecule has 6 nitrogen and oxygen atoms in total. The fraction of sp³-hybridized carbons (Fsp3) is 0.545. The smallest absolute Gasteiger partial charge is 0.330 e. The van der Waals surface area contributed by atoms with Crippen LogP contribution < -0.4 is 11.1 Å². The number of rotatable bonds is 5. The summed E-state index contributed by atoms with van der Waals surface area (Å²) in [5.41, 5.74) is 4.62. The van der Waals surface area contributed by atoms with Crippen LogP contribution in [0.2, 0.25) is 0 Å². The zero-order chi connectivity index (χ0) is 13.8. The molecule has 1 amide bonds. The topological polar surface area (TPSA) is 94.3 Å². The number of thiazole rings is 1. The summed E-state index contributed by atoms with van der Waals surface area (Å²) < 4.78 is 4.61. The quantitative estimate of drug-likeness (QED) is 0.783. The maximum atomic E-state index is 11.9. The summed E-state index contributed by atoms with van der Waals surface area (Å²) in [6, 6.07) is 0. The van der Waals surface area contributed by atoms with E-state index in [2.05, 4.69) is 15.0 Å². The minimum Gasteiger partial charge on any atom is -0.467 e. The standard InChI is InChI=1S/C11H17N3O3S.ClH/c1-11(2,10(16)17-3)14-9(15)7-6-18-8(13-7)4-5-12;/h6H,4-5,12H2,1-3H3,(H,14,15);1H. The third-order valence-corrected chi connectivity index (χ3v) is 3.17. The Morgan fingerprint density at radius 1 is 1.53 bits per heavy atom. The highest BCUT2D eigenvalue weighted by molar-refractivity contribution is 7.09. The van der Waals surface area contributed by atoms with E-state index in [4.69, 9.17) is 5.73 Å². The minimum absolute atomic E-state index is 0. The summed E-state index contributed by atoms with van der Waals surface area (Å²) in [4.78, 5) is 27.5. The van der Waals surface area contributed by atoms with Crippen molar-refractivity contribution in [1.82, 2.24) is 10.3 Å². The van der Waals surface area contributed by atoms with Crippen molar-refractivity contribution in [3.8, 4) is 0 Å². The van der Waals surface area contributed by atoms with E-state index in [1.807, 2.05) is 0 Å². The number of nitrogens with zero attached hydrogens (tertiary/aromatic N) is 1. The number of esters is 1. The molecule has 0 spiro atoms. The van der Waals surface area contributed by atoms with Crippen molar-refractivity contribution >= 4 is 35.6 Å². The van der Waals surface area contributed by atoms with Gasteiger partial charge in [0.15, 0.2) is 0 Å². The largest absolute Gasteiger partial charge is 0.467 e. The summed E-state index contributed by atoms with van der Waals surface area (Å²) >= 11 is 1.37. The fourth-order valence-electron chi connectivity index (χ4n) is 1.31. The van der Waals surface area contributed by atoms with Gasteiger partial charge < -0.3 is 15.8 Å². The van der Waals surface area contributed by atoms with Crippen molar-refractivity contribution in [2.45, 2.75) is 25.8 Å². The van der Waals surface area contributed by atoms with E-state index in [1.165, 1.54) is 18.4 Å². The van der Waals surface area contributed by atoms with E-state index in [9.17, 15) is 9.59 Å². The van der Waals surface area contributed by atoms with Crippen molar-refractivity contribution in [2.75, 3.05) is 13.7 Å². The van der Waals surface area contributed by atoms with Crippen LogP contribution in [-0.2, 0) is 16.0 Å². The third kappa shape index (κ3) is 4.77. The molecule has 1 heterocycles. The maximum absolute atomic E-state index is 11.9. The molecule has 3 N–H and O–H groups in total. The highest BCUT2D eigenvalue weighted by Gasteiger charge is 2.31. The zero-order valence-corrected chi connectivity index (χ0v) is 12.7. The highest BCUT2D eigenvalue weighted by Crippen LogP contribution is 2.12. The fourth-order valence-corrected chi connectivity index (χ4v) is 2.10. The van der Waals surface area contributed by atoms with E-state index in [-0.39, 0.29) is 12.4 Å². The molecule has 0 aliphatic rings. The molecule has 0 aliphatic carbocycles. The van der Waals surface area contributed by atoms with Gasteiger partial charge in [-0.1, -0.05) is 0 Å². The first-order chi connectivity index (χ1) is 8.40. The summed E-state index contributed by atoms with van der Waals surface area (Å²) in [6.07, 6.45) is 0.637. The molecule has 0 fully saturated rings. The number of hydrogen-bond donors (Lipinski definition) is 2. The van der Waals surface area contributed by atoms with Gasteiger partial charge in [0.1, 0.15) is 11.2 Å². The molecule has 0 aromatic carbocycles. The minimum atomic E-state index is -1.08. The number of carbonyl (C=O) groups excluding carboxylic acids is 2. The lowest BCUT2D eigenvalue weighted by Gasteiger charge is -2.22. The lowest BCUT2D eigenvalue weighted by molar-refractivity contribution is -0.146. The lowest BCUT2D eigenvalue weighted by Crippen LogP contribution is -2.50. The summed E-state index contributed by atoms with van der Waals surface area (Å²) in [6.45, 7) is 3.63. The van der Waals surface area contributed by atoms with E-state index in [0.29, 0.717) is 18.7 Å². The second-order valence-electron chi connectivity index (χ2n) is 4.24. The predicted molar refractivity (Wildman–Crippen MR) is 75.7 cm³/mol. The average Bonchev–Trinajstić information content (AvgIpc) is 2.76. The lowest BCUT2D eigenvalue weighted by atomic mass is 10.1. The number of hydrogen-bond acceptors (Lipinski definition) is 6. The van der Waals surface area contributed by atoms with Crippen LogP contribution in [0.4, 0.5) is 0 Å². The number of aromatic nitrogens is 1. The van der Waals surface area contributed by atoms with Gasteiger partial charge in [-0.05, 0) is 20.4 Å². The molecule has 0 saturated carbocycles. The summed E-state index contributed by atoms with van der Waals surface area (Å²) in [5, 5.41) is 5.03. The number of nitrogens with two attached hydrogens (primary N) is 1. The van der Waals surface area contributed by atoms with Gasteiger partial charge in [0.2, 0.25) is 0 Å². The molecule has 0 bridgehead atoms. The Kier molecular flexibility index (Phi) is 6.96. The summed E-state index contributed by atoms with van der Waals surface area (Å²) in [7, 11) is 1.28. The van der Waals surface area contributed by atoms with Crippen molar-refractivity contribution in [3.05, 3.63) is 16.1 Å². The predicted octanol–water partition coefficient (Wildman–Crippen LogP) is 0.747. The summed E-state index contributed by atoms with van der Waals surface area (Å²) in [5.74, 6) is -0.904. The number of ether oxygens (including phenoxy) is 1. The normalized spacial score (nSPS) is 10.5. The molecule has 1 aromatic rings. The Hall–Kier alpha value is -1.18. The van der Waals surface area contributed by atoms with Gasteiger partial charge in [-0.3, -0.25) is 4.79 Å². The first-order valence-electron chi connectivity index (χ1n) is 5.46. The van der Waals surface area contributed by atoms with Crippen LogP contribution in [0.1, 0.15) is 29.3 Å². The molecule has 1 rings (SSSR count). The molecular weight excluding hydrogens is 290 g/mol. The molecule has 19 heavy (non-hydrogen) atoms. The average molecular weight is 308 g/mol. The molecule has 8 heteroatoms. The van der Waals surface area contributed by atoms with Gasteiger partial charge in [-0.25, -0.2) is 9.78 Å². The second kappa shape index (κ2) is 7.42. The van der Waals surface area contributed by atoms with Crippen LogP contribution in [0.15, 0.2) is 5.38 Å². The Balaban J connectivity index is 0.00000324. The molecule has 0 aliphatic heterocycles. The van der Waals surface area contributed by atoms with Crippen LogP contribution in [0.3, 0.4) is 0 Å². The number of carbonyl (C=O) groups is 2. The molecule has 0 atom stereocenters. The van der Waals surface area contributed by atoms with E-state index < -0.39 is 17.4 Å². The van der Waals surface area contributed by atoms with Crippen LogP contribution in [0.25, 0.3) is 0 Å². The first kappa shape index (κ1) is 17.8. The Bertz CT molecular complexity index is 448. The van der Waals surface area contributed by atoms with E-state index in [1.54, 1.807) is 19.2 Å². The molecular formula is C11H18ClN3O3S. The first-order valence-corrected chi connectivity index (χ1v) is 6.34. The van der Waals surface area contributed by atoms with Crippen LogP contribution in [0, 0.1) is 0 Å². The molecule has 0 saturated heterocycles. The number of nitrogens with one attached hydrogen (secondary N) is 1. The van der Waals surface area contributed by atoms with E-state index >= 15 is 0 Å². The SMILES string of the molecule is COC(=O)C(C)(C)NC(=O)c1csc(CCN)n1.Cl. The number of methoxy groups -OCH3 is 1. The van der Waals surface area contributed by atoms with Gasteiger partial charge >= 0.3 is 5.97 Å². The Morgan fingerprint density at radius 2 is 2.16 bits per heavy atom. The Labute approximate surface area is 122 Å². The van der Waals surface area contributed by atoms with Crippen molar-refractivity contribution in [1.29, 1.82) is 0 Å². The third-order valence-electron chi connectivity index (χ3n) is 2.26. The van der Waals surface area contributed by atoms with Gasteiger partial charge in [0.25, 0.3) is 5.91 Å². The molecule has 0 unspecified atom stereocenters. The van der Waals surface area contributed by atoms with E-state index in [0.717, 1.165) is 5.01 Å². The monoisotopic (exact) mass is 307 g/mol. The molecule has 108 valence electrons. The van der Waals surface area contributed by atoms with Gasteiger partial charge in [0.05, 0.1) is 12.1 Å². The molecule has 0 radical (unpaired) electrons. The highest BCUT2D eigenvalue weighted by atomic mass is 35.5. The number of halogens is 1. The van der Waals surface area contributed by atoms with Gasteiger partial charge in [-0.15, -0.1) is 23.7 Å². The molecule has 1 aromatic heterocycles. The van der Waals surface area contributed by atoms with Gasteiger partial charge in [0, 0.05) is 11.8 Å². The maximum Gasteiger partial charge on any atom is 0.330 e. The van der Waals surface area contributed by atoms with Gasteiger partial charge in [-0.2, -0.15) is 0 Å². The second-order valence-corrected chi connectivity index (χ2v) is 5.18.